The van der Waals surface area contributed by atoms with Crippen LogP contribution in [0, 0.1) is 6.92 Å². The predicted molar refractivity (Wildman–Crippen MR) is 73.7 cm³/mol. The molecule has 0 radical (unpaired) electrons. The lowest BCUT2D eigenvalue weighted by molar-refractivity contribution is 1.03. The van der Waals surface area contributed by atoms with Crippen molar-refractivity contribution >= 4 is 28.2 Å². The van der Waals surface area contributed by atoms with Gasteiger partial charge in [-0.2, -0.15) is 0 Å². The van der Waals surface area contributed by atoms with Crippen molar-refractivity contribution in [3.8, 4) is 0 Å². The Labute approximate surface area is 109 Å². The van der Waals surface area contributed by atoms with Gasteiger partial charge in [0.1, 0.15) is 5.01 Å². The minimum absolute atomic E-state index is 0.640. The third-order valence-electron chi connectivity index (χ3n) is 2.55. The Morgan fingerprint density at radius 3 is 2.94 bits per heavy atom. The first-order chi connectivity index (χ1) is 8.81. The molecule has 0 aliphatic carbocycles. The Hall–Kier alpha value is -2.01. The standard InChI is InChI=1S/C13H12N4S/c1-9-8-18-12(16-9)7-15-13-14-6-10-4-2-3-5-11(10)17-13/h2-6,8H,7H2,1H3,(H,14,15,17). The van der Waals surface area contributed by atoms with Crippen molar-refractivity contribution in [1.82, 2.24) is 15.0 Å². The number of thiazole rings is 1. The van der Waals surface area contributed by atoms with E-state index in [0.717, 1.165) is 21.6 Å². The van der Waals surface area contributed by atoms with E-state index in [1.165, 1.54) is 0 Å². The molecule has 0 atom stereocenters. The van der Waals surface area contributed by atoms with Crippen LogP contribution in [0.3, 0.4) is 0 Å². The van der Waals surface area contributed by atoms with Crippen LogP contribution in [0.4, 0.5) is 5.95 Å². The topological polar surface area (TPSA) is 50.7 Å². The Kier molecular flexibility index (Phi) is 2.90. The second-order valence-corrected chi connectivity index (χ2v) is 4.93. The Morgan fingerprint density at radius 2 is 2.11 bits per heavy atom. The number of fused-ring (bicyclic) bond motifs is 1. The van der Waals surface area contributed by atoms with E-state index in [0.29, 0.717) is 12.5 Å². The molecular weight excluding hydrogens is 244 g/mol. The largest absolute Gasteiger partial charge is 0.348 e. The highest BCUT2D eigenvalue weighted by atomic mass is 32.1. The van der Waals surface area contributed by atoms with Crippen molar-refractivity contribution in [3.05, 3.63) is 46.5 Å². The Morgan fingerprint density at radius 1 is 1.22 bits per heavy atom. The average molecular weight is 256 g/mol. The van der Waals surface area contributed by atoms with E-state index in [4.69, 9.17) is 0 Å². The summed E-state index contributed by atoms with van der Waals surface area (Å²) in [5.74, 6) is 0.640. The summed E-state index contributed by atoms with van der Waals surface area (Å²) in [7, 11) is 0. The molecule has 0 unspecified atom stereocenters. The normalized spacial score (nSPS) is 10.7. The highest BCUT2D eigenvalue weighted by Gasteiger charge is 2.01. The van der Waals surface area contributed by atoms with E-state index in [1.807, 2.05) is 42.8 Å². The van der Waals surface area contributed by atoms with Gasteiger partial charge >= 0.3 is 0 Å². The molecule has 1 aromatic carbocycles. The van der Waals surface area contributed by atoms with Gasteiger partial charge in [0.25, 0.3) is 0 Å². The van der Waals surface area contributed by atoms with Gasteiger partial charge in [0.15, 0.2) is 0 Å². The maximum atomic E-state index is 4.45. The number of hydrogen-bond acceptors (Lipinski definition) is 5. The molecule has 0 bridgehead atoms. The van der Waals surface area contributed by atoms with E-state index < -0.39 is 0 Å². The van der Waals surface area contributed by atoms with Gasteiger partial charge in [-0.05, 0) is 13.0 Å². The summed E-state index contributed by atoms with van der Waals surface area (Å²) in [6.07, 6.45) is 1.83. The van der Waals surface area contributed by atoms with Gasteiger partial charge in [-0.15, -0.1) is 11.3 Å². The van der Waals surface area contributed by atoms with Crippen LogP contribution in [-0.2, 0) is 6.54 Å². The van der Waals surface area contributed by atoms with E-state index in [2.05, 4.69) is 20.3 Å². The SMILES string of the molecule is Cc1csc(CNc2ncc3ccccc3n2)n1. The maximum absolute atomic E-state index is 4.45. The molecule has 0 aliphatic heterocycles. The number of nitrogens with one attached hydrogen (secondary N) is 1. The van der Waals surface area contributed by atoms with Gasteiger partial charge in [0, 0.05) is 22.7 Å². The van der Waals surface area contributed by atoms with E-state index in [9.17, 15) is 0 Å². The van der Waals surface area contributed by atoms with Crippen molar-refractivity contribution in [1.29, 1.82) is 0 Å². The first-order valence-corrected chi connectivity index (χ1v) is 6.56. The van der Waals surface area contributed by atoms with Crippen LogP contribution in [0.15, 0.2) is 35.8 Å². The Bertz CT molecular complexity index is 677. The number of para-hydroxylation sites is 1. The highest BCUT2D eigenvalue weighted by Crippen LogP contribution is 2.13. The van der Waals surface area contributed by atoms with Gasteiger partial charge < -0.3 is 5.32 Å². The minimum Gasteiger partial charge on any atom is -0.348 e. The quantitative estimate of drug-likeness (QED) is 0.782. The van der Waals surface area contributed by atoms with E-state index in [-0.39, 0.29) is 0 Å². The molecule has 0 amide bonds. The fourth-order valence-corrected chi connectivity index (χ4v) is 2.41. The van der Waals surface area contributed by atoms with Crippen molar-refractivity contribution in [2.24, 2.45) is 0 Å². The fourth-order valence-electron chi connectivity index (χ4n) is 1.70. The maximum Gasteiger partial charge on any atom is 0.223 e. The van der Waals surface area contributed by atoms with Crippen molar-refractivity contribution in [2.45, 2.75) is 13.5 Å². The monoisotopic (exact) mass is 256 g/mol. The third kappa shape index (κ3) is 2.31. The molecule has 2 heterocycles. The average Bonchev–Trinajstić information content (AvgIpc) is 2.82. The number of aromatic nitrogens is 3. The molecule has 5 heteroatoms. The molecule has 0 saturated carbocycles. The summed E-state index contributed by atoms with van der Waals surface area (Å²) in [5.41, 5.74) is 2.00. The molecule has 4 nitrogen and oxygen atoms in total. The van der Waals surface area contributed by atoms with Gasteiger partial charge in [0.05, 0.1) is 12.1 Å². The van der Waals surface area contributed by atoms with Crippen LogP contribution in [0.25, 0.3) is 10.9 Å². The molecular formula is C13H12N4S. The number of nitrogens with zero attached hydrogens (tertiary/aromatic N) is 3. The van der Waals surface area contributed by atoms with Gasteiger partial charge in [0.2, 0.25) is 5.95 Å². The number of benzene rings is 1. The van der Waals surface area contributed by atoms with Gasteiger partial charge in [-0.1, -0.05) is 18.2 Å². The van der Waals surface area contributed by atoms with Gasteiger partial charge in [-0.3, -0.25) is 0 Å². The molecule has 1 N–H and O–H groups in total. The number of aryl methyl sites for hydroxylation is 1. The number of hydrogen-bond donors (Lipinski definition) is 1. The van der Waals surface area contributed by atoms with Crippen LogP contribution in [0.5, 0.6) is 0 Å². The lowest BCUT2D eigenvalue weighted by atomic mass is 10.2. The van der Waals surface area contributed by atoms with Crippen molar-refractivity contribution in [3.63, 3.8) is 0 Å². The molecule has 90 valence electrons. The summed E-state index contributed by atoms with van der Waals surface area (Å²) in [4.78, 5) is 13.1. The van der Waals surface area contributed by atoms with Crippen LogP contribution >= 0.6 is 11.3 Å². The highest BCUT2D eigenvalue weighted by molar-refractivity contribution is 7.09. The molecule has 0 fully saturated rings. The zero-order valence-electron chi connectivity index (χ0n) is 9.92. The van der Waals surface area contributed by atoms with Gasteiger partial charge in [-0.25, -0.2) is 15.0 Å². The summed E-state index contributed by atoms with van der Waals surface area (Å²) >= 11 is 1.64. The van der Waals surface area contributed by atoms with Crippen LogP contribution in [0.2, 0.25) is 0 Å². The second-order valence-electron chi connectivity index (χ2n) is 3.99. The zero-order chi connectivity index (χ0) is 12.4. The first-order valence-electron chi connectivity index (χ1n) is 5.68. The number of anilines is 1. The molecule has 0 aliphatic rings. The lowest BCUT2D eigenvalue weighted by Crippen LogP contribution is -2.03. The van der Waals surface area contributed by atoms with Crippen molar-refractivity contribution in [2.75, 3.05) is 5.32 Å². The third-order valence-corrected chi connectivity index (χ3v) is 3.52. The molecule has 2 aromatic heterocycles. The lowest BCUT2D eigenvalue weighted by Gasteiger charge is -2.03. The minimum atomic E-state index is 0.640. The summed E-state index contributed by atoms with van der Waals surface area (Å²) < 4.78 is 0. The summed E-state index contributed by atoms with van der Waals surface area (Å²) in [6.45, 7) is 2.66. The Balaban J connectivity index is 1.78. The van der Waals surface area contributed by atoms with Crippen LogP contribution < -0.4 is 5.32 Å². The molecule has 0 spiro atoms. The van der Waals surface area contributed by atoms with E-state index in [1.54, 1.807) is 11.3 Å². The van der Waals surface area contributed by atoms with E-state index >= 15 is 0 Å². The van der Waals surface area contributed by atoms with Crippen LogP contribution in [0.1, 0.15) is 10.7 Å². The predicted octanol–water partition coefficient (Wildman–Crippen LogP) is 3.01. The van der Waals surface area contributed by atoms with Crippen LogP contribution in [-0.4, -0.2) is 15.0 Å². The molecule has 3 aromatic rings. The molecule has 3 rings (SSSR count). The molecule has 0 saturated heterocycles. The smallest absolute Gasteiger partial charge is 0.223 e. The zero-order valence-corrected chi connectivity index (χ0v) is 10.7. The molecule has 18 heavy (non-hydrogen) atoms. The first kappa shape index (κ1) is 11.1. The summed E-state index contributed by atoms with van der Waals surface area (Å²) in [6, 6.07) is 7.94. The van der Waals surface area contributed by atoms with Crippen molar-refractivity contribution < 1.29 is 0 Å². The number of rotatable bonds is 3. The fraction of sp³-hybridized carbons (Fsp3) is 0.154. The summed E-state index contributed by atoms with van der Waals surface area (Å²) in [5, 5.41) is 7.33. The second kappa shape index (κ2) is 4.70.